The van der Waals surface area contributed by atoms with Gasteiger partial charge in [0, 0.05) is 38.3 Å². The molecule has 0 atom stereocenters. The van der Waals surface area contributed by atoms with Crippen LogP contribution in [-0.2, 0) is 21.2 Å². The van der Waals surface area contributed by atoms with Gasteiger partial charge < -0.3 is 9.88 Å². The highest BCUT2D eigenvalue weighted by Crippen LogP contribution is 2.22. The summed E-state index contributed by atoms with van der Waals surface area (Å²) >= 11 is 0.707. The second-order valence-corrected chi connectivity index (χ2v) is 9.31. The maximum absolute atomic E-state index is 12.7. The first-order valence-electron chi connectivity index (χ1n) is 8.39. The fourth-order valence-corrected chi connectivity index (χ4v) is 5.84. The van der Waals surface area contributed by atoms with Crippen molar-refractivity contribution in [2.24, 2.45) is 0 Å². The van der Waals surface area contributed by atoms with Gasteiger partial charge in [0.25, 0.3) is 10.0 Å². The molecule has 0 saturated carbocycles. The van der Waals surface area contributed by atoms with E-state index in [1.165, 1.54) is 4.31 Å². The van der Waals surface area contributed by atoms with Gasteiger partial charge in [0.05, 0.1) is 0 Å². The molecule has 1 fully saturated rings. The Bertz CT molecular complexity index is 926. The fourth-order valence-electron chi connectivity index (χ4n) is 2.99. The topological polar surface area (TPSA) is 90.5 Å². The molecule has 1 saturated heterocycles. The van der Waals surface area contributed by atoms with E-state index in [1.54, 1.807) is 11.8 Å². The molecule has 1 N–H and O–H groups in total. The number of hydrogen-bond donors (Lipinski definition) is 1. The number of amides is 1. The zero-order valence-electron chi connectivity index (χ0n) is 14.5. The van der Waals surface area contributed by atoms with E-state index >= 15 is 0 Å². The number of benzene rings is 1. The molecule has 1 aliphatic heterocycles. The highest BCUT2D eigenvalue weighted by Gasteiger charge is 2.32. The van der Waals surface area contributed by atoms with Gasteiger partial charge in [-0.3, -0.25) is 9.59 Å². The molecule has 26 heavy (non-hydrogen) atoms. The van der Waals surface area contributed by atoms with Gasteiger partial charge in [-0.15, -0.1) is 0 Å². The number of nitrogens with one attached hydrogen (secondary N) is 1. The summed E-state index contributed by atoms with van der Waals surface area (Å²) < 4.78 is 26.8. The number of aromatic amines is 1. The predicted molar refractivity (Wildman–Crippen MR) is 99.8 cm³/mol. The van der Waals surface area contributed by atoms with Crippen LogP contribution in [0, 0.1) is 6.92 Å². The van der Waals surface area contributed by atoms with Crippen molar-refractivity contribution < 1.29 is 13.2 Å². The lowest BCUT2D eigenvalue weighted by molar-refractivity contribution is -0.132. The average molecular weight is 396 g/mol. The zero-order valence-corrected chi connectivity index (χ0v) is 16.1. The minimum Gasteiger partial charge on any atom is -0.340 e. The van der Waals surface area contributed by atoms with Gasteiger partial charge in [-0.25, -0.2) is 8.42 Å². The maximum Gasteiger partial charge on any atom is 0.305 e. The lowest BCUT2D eigenvalue weighted by Gasteiger charge is -2.33. The molecule has 0 radical (unpaired) electrons. The second kappa shape index (κ2) is 7.73. The van der Waals surface area contributed by atoms with Crippen molar-refractivity contribution in [1.29, 1.82) is 0 Å². The third kappa shape index (κ3) is 4.05. The number of carbonyl (C=O) groups excluding carboxylic acids is 1. The Morgan fingerprint density at radius 2 is 1.81 bits per heavy atom. The van der Waals surface area contributed by atoms with Crippen LogP contribution in [0.25, 0.3) is 0 Å². The van der Waals surface area contributed by atoms with Crippen molar-refractivity contribution in [1.82, 2.24) is 14.2 Å². The molecule has 0 unspecified atom stereocenters. The molecule has 9 heteroatoms. The molecule has 0 aliphatic carbocycles. The molecule has 0 bridgehead atoms. The van der Waals surface area contributed by atoms with E-state index in [0.29, 0.717) is 43.0 Å². The van der Waals surface area contributed by atoms with Crippen LogP contribution in [0.4, 0.5) is 0 Å². The van der Waals surface area contributed by atoms with Crippen LogP contribution in [0.1, 0.15) is 17.7 Å². The van der Waals surface area contributed by atoms with E-state index in [-0.39, 0.29) is 28.1 Å². The third-order valence-electron chi connectivity index (χ3n) is 4.42. The summed E-state index contributed by atoms with van der Waals surface area (Å²) in [6, 6.07) is 9.81. The minimum absolute atomic E-state index is 0.0355. The molecule has 1 amide bonds. The Morgan fingerprint density at radius 3 is 2.38 bits per heavy atom. The molecule has 7 nitrogen and oxygen atoms in total. The molecule has 2 aromatic rings. The van der Waals surface area contributed by atoms with Crippen LogP contribution < -0.4 is 4.87 Å². The Morgan fingerprint density at radius 1 is 1.15 bits per heavy atom. The Labute approximate surface area is 156 Å². The summed E-state index contributed by atoms with van der Waals surface area (Å²) in [5, 5.41) is 0. The third-order valence-corrected chi connectivity index (χ3v) is 7.90. The summed E-state index contributed by atoms with van der Waals surface area (Å²) in [5.74, 6) is 0.0355. The molecular weight excluding hydrogens is 374 g/mol. The summed E-state index contributed by atoms with van der Waals surface area (Å²) in [4.78, 5) is 27.6. The van der Waals surface area contributed by atoms with E-state index < -0.39 is 10.0 Å². The molecular formula is C17H21N3O4S2. The normalized spacial score (nSPS) is 16.0. The molecule has 2 heterocycles. The molecule has 1 aromatic heterocycles. The maximum atomic E-state index is 12.7. The van der Waals surface area contributed by atoms with Gasteiger partial charge in [-0.05, 0) is 18.9 Å². The second-order valence-electron chi connectivity index (χ2n) is 6.20. The number of rotatable bonds is 5. The van der Waals surface area contributed by atoms with E-state index in [1.807, 2.05) is 30.3 Å². The van der Waals surface area contributed by atoms with Crippen molar-refractivity contribution in [3.05, 3.63) is 51.3 Å². The summed E-state index contributed by atoms with van der Waals surface area (Å²) in [5.41, 5.74) is 1.47. The first-order valence-corrected chi connectivity index (χ1v) is 10.6. The van der Waals surface area contributed by atoms with Crippen LogP contribution in [0.15, 0.2) is 39.3 Å². The lowest BCUT2D eigenvalue weighted by atomic mass is 10.1. The molecule has 0 spiro atoms. The smallest absolute Gasteiger partial charge is 0.305 e. The zero-order chi connectivity index (χ0) is 18.7. The first-order chi connectivity index (χ1) is 12.4. The van der Waals surface area contributed by atoms with E-state index in [0.717, 1.165) is 5.56 Å². The molecule has 3 rings (SSSR count). The number of aryl methyl sites for hydroxylation is 2. The number of H-pyrrole nitrogens is 1. The number of piperazine rings is 1. The van der Waals surface area contributed by atoms with Crippen molar-refractivity contribution in [3.8, 4) is 0 Å². The molecule has 1 aliphatic rings. The Kier molecular flexibility index (Phi) is 5.59. The van der Waals surface area contributed by atoms with Crippen LogP contribution in [-0.4, -0.2) is 54.7 Å². The largest absolute Gasteiger partial charge is 0.340 e. The van der Waals surface area contributed by atoms with Crippen LogP contribution in [0.2, 0.25) is 0 Å². The molecule has 140 valence electrons. The number of aromatic nitrogens is 1. The Balaban J connectivity index is 1.57. The first kappa shape index (κ1) is 18.8. The van der Waals surface area contributed by atoms with Crippen LogP contribution in [0.3, 0.4) is 0 Å². The predicted octanol–water partition coefficient (Wildman–Crippen LogP) is 1.21. The monoisotopic (exact) mass is 395 g/mol. The van der Waals surface area contributed by atoms with Gasteiger partial charge >= 0.3 is 4.87 Å². The van der Waals surface area contributed by atoms with E-state index in [2.05, 4.69) is 4.98 Å². The Hall–Kier alpha value is -1.97. The van der Waals surface area contributed by atoms with Gasteiger partial charge in [-0.2, -0.15) is 4.31 Å². The van der Waals surface area contributed by atoms with Crippen molar-refractivity contribution in [2.75, 3.05) is 26.2 Å². The van der Waals surface area contributed by atoms with Crippen molar-refractivity contribution in [2.45, 2.75) is 24.0 Å². The molecule has 1 aromatic carbocycles. The van der Waals surface area contributed by atoms with Crippen LogP contribution in [0.5, 0.6) is 0 Å². The van der Waals surface area contributed by atoms with Gasteiger partial charge in [0.2, 0.25) is 5.91 Å². The minimum atomic E-state index is -3.69. The summed E-state index contributed by atoms with van der Waals surface area (Å²) in [6.45, 7) is 2.79. The average Bonchev–Trinajstić information content (AvgIpc) is 2.99. The van der Waals surface area contributed by atoms with E-state index in [9.17, 15) is 18.0 Å². The number of hydrogen-bond acceptors (Lipinski definition) is 5. The van der Waals surface area contributed by atoms with Gasteiger partial charge in [-0.1, -0.05) is 41.7 Å². The van der Waals surface area contributed by atoms with Crippen LogP contribution >= 0.6 is 11.3 Å². The van der Waals surface area contributed by atoms with Gasteiger partial charge in [0.1, 0.15) is 0 Å². The number of nitrogens with zero attached hydrogens (tertiary/aromatic N) is 2. The SMILES string of the molecule is Cc1[nH]c(=O)sc1S(=O)(=O)N1CCN(C(=O)CCc2ccccc2)CC1. The number of thiazole rings is 1. The summed E-state index contributed by atoms with van der Waals surface area (Å²) in [6.07, 6.45) is 1.09. The number of carbonyl (C=O) groups is 1. The van der Waals surface area contributed by atoms with E-state index in [4.69, 9.17) is 0 Å². The summed E-state index contributed by atoms with van der Waals surface area (Å²) in [7, 11) is -3.69. The number of sulfonamides is 1. The fraction of sp³-hybridized carbons (Fsp3) is 0.412. The van der Waals surface area contributed by atoms with Crippen molar-refractivity contribution >= 4 is 27.3 Å². The highest BCUT2D eigenvalue weighted by atomic mass is 32.2. The lowest BCUT2D eigenvalue weighted by Crippen LogP contribution is -2.50. The van der Waals surface area contributed by atoms with Gasteiger partial charge in [0.15, 0.2) is 4.21 Å². The standard InChI is InChI=1S/C17H21N3O4S2/c1-13-16(25-17(22)18-13)26(23,24)20-11-9-19(10-12-20)15(21)8-7-14-5-3-2-4-6-14/h2-6H,7-12H2,1H3,(H,18,22). The van der Waals surface area contributed by atoms with Crippen molar-refractivity contribution in [3.63, 3.8) is 0 Å². The quantitative estimate of drug-likeness (QED) is 0.824. The highest BCUT2D eigenvalue weighted by molar-refractivity contribution is 7.91.